The maximum Gasteiger partial charge on any atom is 0.123 e. The molecule has 30 heavy (non-hydrogen) atoms. The van der Waals surface area contributed by atoms with Crippen LogP contribution in [0.15, 0.2) is 88.8 Å². The molecule has 0 aliphatic rings. The van der Waals surface area contributed by atoms with E-state index in [0.29, 0.717) is 17.2 Å². The summed E-state index contributed by atoms with van der Waals surface area (Å²) in [5, 5.41) is 11.9. The van der Waals surface area contributed by atoms with Crippen LogP contribution in [0.2, 0.25) is 5.02 Å². The van der Waals surface area contributed by atoms with E-state index in [1.54, 1.807) is 30.1 Å². The predicted molar refractivity (Wildman–Crippen MR) is 119 cm³/mol. The number of hydrogen-bond donors (Lipinski definition) is 1. The smallest absolute Gasteiger partial charge is 0.123 e. The van der Waals surface area contributed by atoms with Crippen LogP contribution < -0.4 is 4.74 Å². The number of aliphatic hydroxyl groups is 1. The molecule has 1 atom stereocenters. The Morgan fingerprint density at radius 2 is 1.77 bits per heavy atom. The molecule has 6 heteroatoms. The van der Waals surface area contributed by atoms with Gasteiger partial charge in [0.25, 0.3) is 0 Å². The summed E-state index contributed by atoms with van der Waals surface area (Å²) >= 11 is 7.70. The summed E-state index contributed by atoms with van der Waals surface area (Å²) in [6, 6.07) is 21.5. The molecular formula is C24H19ClFNO2S. The van der Waals surface area contributed by atoms with E-state index in [0.717, 1.165) is 26.3 Å². The third-order valence-electron chi connectivity index (χ3n) is 4.54. The van der Waals surface area contributed by atoms with Crippen LogP contribution in [0.1, 0.15) is 5.56 Å². The standard InChI is InChI=1S/C24H19ClFNO2S/c25-17-3-10-22-23(14-17)27-12-11-24(22)30-21-8-6-20(7-9-21)29-15-19(28)13-16-1-4-18(26)5-2-16/h1-12,14,19,28H,13,15H2. The fraction of sp³-hybridized carbons (Fsp3) is 0.125. The zero-order valence-electron chi connectivity index (χ0n) is 16.0. The third-order valence-corrected chi connectivity index (χ3v) is 5.86. The monoisotopic (exact) mass is 439 g/mol. The molecule has 4 aromatic rings. The van der Waals surface area contributed by atoms with Gasteiger partial charge in [-0.25, -0.2) is 4.39 Å². The van der Waals surface area contributed by atoms with Gasteiger partial charge in [0.2, 0.25) is 0 Å². The molecule has 3 aromatic carbocycles. The summed E-state index contributed by atoms with van der Waals surface area (Å²) in [5.41, 5.74) is 1.73. The Hall–Kier alpha value is -2.60. The molecule has 152 valence electrons. The number of fused-ring (bicyclic) bond motifs is 1. The minimum absolute atomic E-state index is 0.166. The van der Waals surface area contributed by atoms with Crippen LogP contribution in [0.5, 0.6) is 5.75 Å². The maximum atomic E-state index is 13.0. The van der Waals surface area contributed by atoms with E-state index in [1.807, 2.05) is 48.5 Å². The first-order chi connectivity index (χ1) is 14.6. The van der Waals surface area contributed by atoms with Gasteiger partial charge in [0.1, 0.15) is 18.2 Å². The lowest BCUT2D eigenvalue weighted by Gasteiger charge is -2.13. The lowest BCUT2D eigenvalue weighted by Crippen LogP contribution is -2.20. The summed E-state index contributed by atoms with van der Waals surface area (Å²) in [5.74, 6) is 0.398. The molecule has 1 heterocycles. The van der Waals surface area contributed by atoms with Gasteiger partial charge in [-0.1, -0.05) is 41.6 Å². The molecular weight excluding hydrogens is 421 g/mol. The number of nitrogens with zero attached hydrogens (tertiary/aromatic N) is 1. The van der Waals surface area contributed by atoms with E-state index in [4.69, 9.17) is 16.3 Å². The summed E-state index contributed by atoms with van der Waals surface area (Å²) in [7, 11) is 0. The molecule has 0 aliphatic heterocycles. The van der Waals surface area contributed by atoms with E-state index >= 15 is 0 Å². The van der Waals surface area contributed by atoms with Crippen LogP contribution in [0.3, 0.4) is 0 Å². The van der Waals surface area contributed by atoms with E-state index in [2.05, 4.69) is 4.98 Å². The van der Waals surface area contributed by atoms with Gasteiger partial charge in [-0.05, 0) is 60.2 Å². The lowest BCUT2D eigenvalue weighted by atomic mass is 10.1. The van der Waals surface area contributed by atoms with Gasteiger partial charge in [0.05, 0.1) is 11.6 Å². The van der Waals surface area contributed by atoms with Crippen LogP contribution in [-0.2, 0) is 6.42 Å². The Kier molecular flexibility index (Phi) is 6.53. The SMILES string of the molecule is OC(COc1ccc(Sc2ccnc3cc(Cl)ccc23)cc1)Cc1ccc(F)cc1. The average molecular weight is 440 g/mol. The van der Waals surface area contributed by atoms with Crippen molar-refractivity contribution in [1.29, 1.82) is 0 Å². The van der Waals surface area contributed by atoms with Crippen molar-refractivity contribution in [1.82, 2.24) is 4.98 Å². The molecule has 0 fully saturated rings. The van der Waals surface area contributed by atoms with Gasteiger partial charge in [-0.3, -0.25) is 4.98 Å². The highest BCUT2D eigenvalue weighted by atomic mass is 35.5. The first-order valence-electron chi connectivity index (χ1n) is 9.44. The predicted octanol–water partition coefficient (Wildman–Crippen LogP) is 6.16. The quantitative estimate of drug-likeness (QED) is 0.374. The van der Waals surface area contributed by atoms with Gasteiger partial charge >= 0.3 is 0 Å². The van der Waals surface area contributed by atoms with Gasteiger partial charge in [-0.15, -0.1) is 0 Å². The molecule has 0 radical (unpaired) electrons. The van der Waals surface area contributed by atoms with Crippen molar-refractivity contribution in [3.8, 4) is 5.75 Å². The van der Waals surface area contributed by atoms with Crippen LogP contribution >= 0.6 is 23.4 Å². The number of aliphatic hydroxyl groups excluding tert-OH is 1. The van der Waals surface area contributed by atoms with Crippen LogP contribution in [-0.4, -0.2) is 22.8 Å². The minimum atomic E-state index is -0.667. The minimum Gasteiger partial charge on any atom is -0.491 e. The average Bonchev–Trinajstić information content (AvgIpc) is 2.75. The van der Waals surface area contributed by atoms with E-state index in [-0.39, 0.29) is 12.4 Å². The molecule has 3 nitrogen and oxygen atoms in total. The van der Waals surface area contributed by atoms with E-state index in [9.17, 15) is 9.50 Å². The molecule has 0 aliphatic carbocycles. The van der Waals surface area contributed by atoms with Crippen LogP contribution in [0, 0.1) is 5.82 Å². The zero-order chi connectivity index (χ0) is 20.9. The summed E-state index contributed by atoms with van der Waals surface area (Å²) in [4.78, 5) is 6.54. The van der Waals surface area contributed by atoms with Crippen LogP contribution in [0.25, 0.3) is 10.9 Å². The number of hydrogen-bond acceptors (Lipinski definition) is 4. The fourth-order valence-electron chi connectivity index (χ4n) is 3.06. The van der Waals surface area contributed by atoms with Crippen molar-refractivity contribution in [2.45, 2.75) is 22.3 Å². The molecule has 1 unspecified atom stereocenters. The van der Waals surface area contributed by atoms with Crippen molar-refractivity contribution < 1.29 is 14.2 Å². The second kappa shape index (κ2) is 9.47. The number of rotatable bonds is 7. The molecule has 0 saturated carbocycles. The Morgan fingerprint density at radius 1 is 1.00 bits per heavy atom. The van der Waals surface area contributed by atoms with Crippen LogP contribution in [0.4, 0.5) is 4.39 Å². The van der Waals surface area contributed by atoms with Crippen molar-refractivity contribution in [3.05, 3.63) is 95.4 Å². The summed E-state index contributed by atoms with van der Waals surface area (Å²) < 4.78 is 18.7. The second-order valence-electron chi connectivity index (χ2n) is 6.84. The Labute approximate surface area is 183 Å². The number of aromatic nitrogens is 1. The van der Waals surface area contributed by atoms with E-state index in [1.165, 1.54) is 12.1 Å². The molecule has 0 saturated heterocycles. The summed E-state index contributed by atoms with van der Waals surface area (Å²) in [6.07, 6.45) is 1.52. The normalized spacial score (nSPS) is 12.1. The molecule has 0 amide bonds. The van der Waals surface area contributed by atoms with E-state index < -0.39 is 6.10 Å². The lowest BCUT2D eigenvalue weighted by molar-refractivity contribution is 0.107. The number of pyridine rings is 1. The van der Waals surface area contributed by atoms with Gasteiger partial charge in [0.15, 0.2) is 0 Å². The molecule has 0 bridgehead atoms. The van der Waals surface area contributed by atoms with Gasteiger partial charge < -0.3 is 9.84 Å². The van der Waals surface area contributed by atoms with Crippen molar-refractivity contribution in [3.63, 3.8) is 0 Å². The molecule has 4 rings (SSSR count). The third kappa shape index (κ3) is 5.30. The zero-order valence-corrected chi connectivity index (χ0v) is 17.5. The largest absolute Gasteiger partial charge is 0.491 e. The van der Waals surface area contributed by atoms with Crippen molar-refractivity contribution in [2.24, 2.45) is 0 Å². The Bertz CT molecular complexity index is 1140. The summed E-state index contributed by atoms with van der Waals surface area (Å²) in [6.45, 7) is 0.166. The Morgan fingerprint density at radius 3 is 2.53 bits per heavy atom. The number of benzene rings is 3. The highest BCUT2D eigenvalue weighted by Gasteiger charge is 2.08. The van der Waals surface area contributed by atoms with Gasteiger partial charge in [-0.2, -0.15) is 0 Å². The maximum absolute atomic E-state index is 13.0. The molecule has 0 spiro atoms. The molecule has 1 aromatic heterocycles. The number of halogens is 2. The highest BCUT2D eigenvalue weighted by molar-refractivity contribution is 7.99. The fourth-order valence-corrected chi connectivity index (χ4v) is 4.16. The Balaban J connectivity index is 1.36. The number of ether oxygens (including phenoxy) is 1. The second-order valence-corrected chi connectivity index (χ2v) is 8.39. The molecule has 1 N–H and O–H groups in total. The van der Waals surface area contributed by atoms with Crippen molar-refractivity contribution >= 4 is 34.3 Å². The topological polar surface area (TPSA) is 42.4 Å². The van der Waals surface area contributed by atoms with Crippen molar-refractivity contribution in [2.75, 3.05) is 6.61 Å². The highest BCUT2D eigenvalue weighted by Crippen LogP contribution is 2.34. The first-order valence-corrected chi connectivity index (χ1v) is 10.6. The van der Waals surface area contributed by atoms with Gasteiger partial charge in [0, 0.05) is 32.8 Å². The first kappa shape index (κ1) is 20.7.